The number of carboxylic acid groups (broad SMARTS) is 1. The molecule has 20 rings (SSSR count). The molecule has 8 fully saturated rings. The number of pyridine rings is 3. The van der Waals surface area contributed by atoms with E-state index in [1.807, 2.05) is 113 Å². The number of rotatable bonds is 14. The van der Waals surface area contributed by atoms with Gasteiger partial charge in [0.2, 0.25) is 17.7 Å². The molecule has 18 nitrogen and oxygen atoms in total. The van der Waals surface area contributed by atoms with Crippen molar-refractivity contribution in [1.82, 2.24) is 34.9 Å². The van der Waals surface area contributed by atoms with Crippen LogP contribution in [0.1, 0.15) is 245 Å². The molecule has 650 valence electrons. The smallest absolute Gasteiger partial charge is 0.306 e. The largest absolute Gasteiger partial charge is 0.481 e. The van der Waals surface area contributed by atoms with Crippen molar-refractivity contribution in [2.24, 2.45) is 5.92 Å². The Bertz CT molecular complexity index is 4810. The molecule has 3 aliphatic heterocycles. The molecule has 5 saturated carbocycles. The molecule has 0 unspecified atom stereocenters. The number of thiazole rings is 4. The number of nitrogens with two attached hydrogens (primary N) is 1. The predicted molar refractivity (Wildman–Crippen MR) is 504 cm³/mol. The molecule has 0 amide bonds. The minimum Gasteiger partial charge on any atom is -0.481 e. The molecule has 5 aromatic carbocycles. The Balaban J connectivity index is 0.000000127. The van der Waals surface area contributed by atoms with E-state index in [4.69, 9.17) is 63.9 Å². The second-order valence-corrected chi connectivity index (χ2v) is 37.7. The number of aromatic nitrogens is 7. The Morgan fingerprint density at radius 2 is 0.689 bits per heavy atom. The molecule has 5 aliphatic carbocycles. The number of hydrogen-bond donors (Lipinski definition) is 4. The van der Waals surface area contributed by atoms with E-state index in [1.165, 1.54) is 81.8 Å². The quantitative estimate of drug-likeness (QED) is 0.0342. The van der Waals surface area contributed by atoms with Crippen molar-refractivity contribution >= 4 is 134 Å². The molecule has 10 heterocycles. The first-order valence-electron chi connectivity index (χ1n) is 43.8. The monoisotopic (exact) mass is 1860 g/mol. The standard InChI is InChI=1S/2C23H26N2O2S.C14H17NOS.C13H15NOS.C10H12FNO.C8H14O3.C6H7NS.HI/c2*1-2-6-21-20(5-1)25-23(28-21)17-7-9-18(10-8-17)27-22-19(4-3-13-24-22)16-11-14-26-15-12-16;1-16-11-8-6-10(7-9-11)14-15-12-4-2-3-5-13(12)17-14;15-10-7-5-9(6-8-10)13-14-11-3-1-2-4-12(11)16-13;11-10-9(2-1-5-12-10)8-3-6-13-7-4-8;1-11-7-4-2-6(3-5-7)8(9)10;7-5-3-1-2-4-6(5)8;/h2*1-6,13,16-18H,7-12,14-15H2;2-5,10-11H,6-9H2,1H3;1-4,9-10,15H,5-8H2;1-2,5,8H,3-4,6-7H2;6-7H,2-5H2,1H3,(H,9,10);1-4,8H,7H2;1H. The number of ether oxygens (including phenoxy) is 7. The molecule has 7 aromatic heterocycles. The highest BCUT2D eigenvalue weighted by Crippen LogP contribution is 2.44. The lowest BCUT2D eigenvalue weighted by molar-refractivity contribution is -0.143. The van der Waals surface area contributed by atoms with Crippen molar-refractivity contribution in [2.45, 2.75) is 244 Å². The maximum Gasteiger partial charge on any atom is 0.306 e. The van der Waals surface area contributed by atoms with Gasteiger partial charge in [0.25, 0.3) is 0 Å². The summed E-state index contributed by atoms with van der Waals surface area (Å²) in [5.74, 6) is 4.26. The van der Waals surface area contributed by atoms with Gasteiger partial charge >= 0.3 is 5.97 Å². The van der Waals surface area contributed by atoms with E-state index in [0.717, 1.165) is 231 Å². The van der Waals surface area contributed by atoms with Gasteiger partial charge in [-0.1, -0.05) is 78.9 Å². The highest BCUT2D eigenvalue weighted by Gasteiger charge is 2.33. The third-order valence-corrected chi connectivity index (χ3v) is 30.1. The fourth-order valence-corrected chi connectivity index (χ4v) is 22.4. The second kappa shape index (κ2) is 47.9. The average molecular weight is 1860 g/mol. The van der Waals surface area contributed by atoms with E-state index in [1.54, 1.807) is 13.2 Å². The van der Waals surface area contributed by atoms with Crippen LogP contribution in [0.5, 0.6) is 11.8 Å². The highest BCUT2D eigenvalue weighted by molar-refractivity contribution is 14.0. The number of aliphatic hydroxyl groups excluding tert-OH is 1. The van der Waals surface area contributed by atoms with Crippen LogP contribution in [0.25, 0.3) is 40.9 Å². The summed E-state index contributed by atoms with van der Waals surface area (Å²) in [5.41, 5.74) is 14.0. The summed E-state index contributed by atoms with van der Waals surface area (Å²) < 4.78 is 58.0. The first-order valence-corrected chi connectivity index (χ1v) is 47.5. The number of aliphatic carboxylic acids is 1. The Morgan fingerprint density at radius 1 is 0.385 bits per heavy atom. The molecule has 0 bridgehead atoms. The summed E-state index contributed by atoms with van der Waals surface area (Å²) in [6.45, 7) is 4.83. The summed E-state index contributed by atoms with van der Waals surface area (Å²) in [6.07, 6.45) is 33.5. The maximum atomic E-state index is 13.2. The van der Waals surface area contributed by atoms with Gasteiger partial charge in [0.05, 0.1) is 85.1 Å². The minimum atomic E-state index is -0.653. The van der Waals surface area contributed by atoms with Gasteiger partial charge in [-0.25, -0.2) is 34.9 Å². The SMILES string of the molecule is COC1CCC(C(=O)O)CC1.COC1CCC(c2nc3ccccc3s2)CC1.Fc1ncccc1C1CCOCC1.I.Nc1ccccc1S.OC1CCC(c2nc3ccccc3s2)CC1.c1cnc(OC2CCC(c3nc4ccccc4s3)CC2)c(C2CCOCC2)c1.c1cnc(OC2CCC(c3nc4ccccc4s3)CC2)c(C2CCOCC2)c1. The molecule has 0 radical (unpaired) electrons. The van der Waals surface area contributed by atoms with E-state index in [-0.39, 0.29) is 54.2 Å². The number of carbonyl (C=O) groups is 1. The predicted octanol–water partition coefficient (Wildman–Crippen LogP) is 24.2. The van der Waals surface area contributed by atoms with Crippen LogP contribution < -0.4 is 15.2 Å². The number of fused-ring (bicyclic) bond motifs is 4. The molecule has 0 spiro atoms. The van der Waals surface area contributed by atoms with Crippen LogP contribution in [0.3, 0.4) is 0 Å². The molecule has 4 N–H and O–H groups in total. The lowest BCUT2D eigenvalue weighted by Crippen LogP contribution is -2.25. The molecular formula is C97H118FIN8O10S5. The van der Waals surface area contributed by atoms with Gasteiger partial charge in [0, 0.05) is 123 Å². The van der Waals surface area contributed by atoms with Crippen molar-refractivity contribution in [3.05, 3.63) is 219 Å². The minimum absolute atomic E-state index is 0. The Hall–Kier alpha value is -7.25. The molecule has 3 saturated heterocycles. The molecule has 25 heteroatoms. The van der Waals surface area contributed by atoms with Gasteiger partial charge < -0.3 is 49.1 Å². The maximum absolute atomic E-state index is 13.2. The summed E-state index contributed by atoms with van der Waals surface area (Å²) in [6, 6.07) is 53.1. The second-order valence-electron chi connectivity index (χ2n) is 32.9. The van der Waals surface area contributed by atoms with Crippen molar-refractivity contribution in [3.63, 3.8) is 0 Å². The van der Waals surface area contributed by atoms with Crippen LogP contribution >= 0.6 is 82.0 Å². The third-order valence-electron chi connectivity index (χ3n) is 24.9. The molecule has 12 aromatic rings. The number of thiol groups is 1. The molecule has 122 heavy (non-hydrogen) atoms. The Kier molecular flexibility index (Phi) is 36.3. The van der Waals surface area contributed by atoms with Crippen LogP contribution in [0, 0.1) is 11.9 Å². The number of para-hydroxylation sites is 5. The van der Waals surface area contributed by atoms with Crippen LogP contribution in [0.2, 0.25) is 0 Å². The fraction of sp³-hybridized carbons (Fsp3) is 0.485. The topological polar surface area (TPSA) is 238 Å². The van der Waals surface area contributed by atoms with Gasteiger partial charge in [-0.15, -0.1) is 82.0 Å². The molecule has 8 aliphatic rings. The number of hydrogen-bond acceptors (Lipinski definition) is 22. The number of halogens is 2. The zero-order chi connectivity index (χ0) is 83.5. The zero-order valence-electron chi connectivity index (χ0n) is 70.1. The van der Waals surface area contributed by atoms with E-state index < -0.39 is 5.97 Å². The van der Waals surface area contributed by atoms with Gasteiger partial charge in [-0.2, -0.15) is 4.39 Å². The van der Waals surface area contributed by atoms with Crippen molar-refractivity contribution in [1.29, 1.82) is 0 Å². The number of carboxylic acids is 1. The van der Waals surface area contributed by atoms with Crippen LogP contribution in [0.15, 0.2) is 181 Å². The summed E-state index contributed by atoms with van der Waals surface area (Å²) in [5, 5.41) is 23.3. The van der Waals surface area contributed by atoms with Crippen LogP contribution in [-0.4, -0.2) is 135 Å². The van der Waals surface area contributed by atoms with Crippen LogP contribution in [-0.2, 0) is 28.5 Å². The summed E-state index contributed by atoms with van der Waals surface area (Å²) in [4.78, 5) is 43.4. The molecule has 0 atom stereocenters. The Labute approximate surface area is 756 Å². The number of anilines is 1. The van der Waals surface area contributed by atoms with Gasteiger partial charge in [-0.3, -0.25) is 4.79 Å². The lowest BCUT2D eigenvalue weighted by atomic mass is 9.87. The van der Waals surface area contributed by atoms with Crippen LogP contribution in [0.4, 0.5) is 10.1 Å². The number of benzene rings is 5. The van der Waals surface area contributed by atoms with Gasteiger partial charge in [0.15, 0.2) is 0 Å². The first kappa shape index (κ1) is 92.4. The zero-order valence-corrected chi connectivity index (χ0v) is 76.6. The number of nitrogens with zero attached hydrogens (tertiary/aromatic N) is 7. The van der Waals surface area contributed by atoms with E-state index in [0.29, 0.717) is 53.6 Å². The summed E-state index contributed by atoms with van der Waals surface area (Å²) >= 11 is 11.5. The number of aliphatic hydroxyl groups is 1. The molecular weight excluding hydrogens is 1740 g/mol. The van der Waals surface area contributed by atoms with Gasteiger partial charge in [-0.05, 0) is 264 Å². The van der Waals surface area contributed by atoms with Crippen molar-refractivity contribution in [3.8, 4) is 11.8 Å². The summed E-state index contributed by atoms with van der Waals surface area (Å²) in [7, 11) is 3.51. The van der Waals surface area contributed by atoms with Crippen molar-refractivity contribution < 1.29 is 52.6 Å². The third kappa shape index (κ3) is 26.4. The normalized spacial score (nSPS) is 23.3. The first-order chi connectivity index (χ1) is 59.3. The van der Waals surface area contributed by atoms with E-state index in [9.17, 15) is 14.3 Å². The number of methoxy groups -OCH3 is 2. The van der Waals surface area contributed by atoms with E-state index >= 15 is 0 Å². The van der Waals surface area contributed by atoms with Gasteiger partial charge in [0.1, 0.15) is 12.2 Å². The number of nitrogen functional groups attached to an aromatic ring is 1. The fourth-order valence-electron chi connectivity index (χ4n) is 17.7. The lowest BCUT2D eigenvalue weighted by Gasteiger charge is -2.29. The Morgan fingerprint density at radius 3 is 1.01 bits per heavy atom. The average Bonchev–Trinajstić information content (AvgIpc) is 1.77. The van der Waals surface area contributed by atoms with E-state index in [2.05, 4.69) is 131 Å². The van der Waals surface area contributed by atoms with Crippen molar-refractivity contribution in [2.75, 3.05) is 59.6 Å². The highest BCUT2D eigenvalue weighted by atomic mass is 127.